The number of aromatic nitrogens is 2. The maximum atomic E-state index is 13.4. The number of aryl methyl sites for hydroxylation is 1. The first kappa shape index (κ1) is 13.1. The zero-order chi connectivity index (χ0) is 13.4. The summed E-state index contributed by atoms with van der Waals surface area (Å²) in [6.45, 7) is 4.09. The van der Waals surface area contributed by atoms with E-state index < -0.39 is 0 Å². The predicted octanol–water partition coefficient (Wildman–Crippen LogP) is 3.69. The topological polar surface area (TPSA) is 43.8 Å². The monoisotopic (exact) mass is 311 g/mol. The van der Waals surface area contributed by atoms with Crippen molar-refractivity contribution in [2.45, 2.75) is 19.8 Å². The summed E-state index contributed by atoms with van der Waals surface area (Å²) < 4.78 is 15.8. The molecule has 0 radical (unpaired) electrons. The maximum absolute atomic E-state index is 13.4. The Morgan fingerprint density at radius 1 is 1.39 bits per heavy atom. The van der Waals surface area contributed by atoms with Crippen LogP contribution < -0.4 is 5.73 Å². The van der Waals surface area contributed by atoms with Crippen molar-refractivity contribution in [1.29, 1.82) is 0 Å². The second kappa shape index (κ2) is 4.72. The molecule has 2 N–H and O–H groups in total. The van der Waals surface area contributed by atoms with E-state index in [1.54, 1.807) is 17.8 Å². The molecule has 0 bridgehead atoms. The molecule has 18 heavy (non-hydrogen) atoms. The average Bonchev–Trinajstić information content (AvgIpc) is 2.59. The first-order valence-corrected chi connectivity index (χ1v) is 6.49. The summed E-state index contributed by atoms with van der Waals surface area (Å²) in [6.07, 6.45) is 0. The minimum Gasteiger partial charge on any atom is -0.384 e. The van der Waals surface area contributed by atoms with E-state index in [1.807, 2.05) is 13.8 Å². The number of halogens is 2. The molecule has 0 spiro atoms. The van der Waals surface area contributed by atoms with Crippen molar-refractivity contribution in [3.8, 4) is 11.3 Å². The van der Waals surface area contributed by atoms with Gasteiger partial charge in [0.2, 0.25) is 0 Å². The number of rotatable bonds is 2. The van der Waals surface area contributed by atoms with E-state index in [4.69, 9.17) is 5.73 Å². The van der Waals surface area contributed by atoms with Gasteiger partial charge in [-0.25, -0.2) is 4.39 Å². The molecule has 2 aromatic rings. The van der Waals surface area contributed by atoms with Gasteiger partial charge in [0.1, 0.15) is 11.6 Å². The van der Waals surface area contributed by atoms with Gasteiger partial charge in [0, 0.05) is 22.6 Å². The molecular weight excluding hydrogens is 297 g/mol. The normalized spacial score (nSPS) is 11.2. The van der Waals surface area contributed by atoms with E-state index in [1.165, 1.54) is 12.1 Å². The van der Waals surface area contributed by atoms with E-state index >= 15 is 0 Å². The van der Waals surface area contributed by atoms with Crippen LogP contribution in [0.5, 0.6) is 0 Å². The SMILES string of the molecule is CC(C)c1c(-c2cc(F)ccc2Br)nn(C)c1N. The lowest BCUT2D eigenvalue weighted by molar-refractivity contribution is 0.628. The molecule has 1 heterocycles. The molecule has 0 aliphatic carbocycles. The summed E-state index contributed by atoms with van der Waals surface area (Å²) in [5.74, 6) is 0.562. The molecule has 3 nitrogen and oxygen atoms in total. The molecule has 1 aromatic heterocycles. The lowest BCUT2D eigenvalue weighted by Gasteiger charge is -2.08. The second-order valence-corrected chi connectivity index (χ2v) is 5.40. The summed E-state index contributed by atoms with van der Waals surface area (Å²) in [7, 11) is 1.79. The van der Waals surface area contributed by atoms with Crippen molar-refractivity contribution >= 4 is 21.7 Å². The summed E-state index contributed by atoms with van der Waals surface area (Å²) >= 11 is 3.43. The van der Waals surface area contributed by atoms with Crippen molar-refractivity contribution in [1.82, 2.24) is 9.78 Å². The third-order valence-corrected chi connectivity index (χ3v) is 3.58. The Kier molecular flexibility index (Phi) is 3.43. The Morgan fingerprint density at radius 3 is 2.67 bits per heavy atom. The van der Waals surface area contributed by atoms with Crippen LogP contribution in [0.4, 0.5) is 10.2 Å². The first-order chi connectivity index (χ1) is 8.41. The largest absolute Gasteiger partial charge is 0.384 e. The van der Waals surface area contributed by atoms with E-state index in [-0.39, 0.29) is 11.7 Å². The fraction of sp³-hybridized carbons (Fsp3) is 0.308. The number of nitrogen functional groups attached to an aromatic ring is 1. The van der Waals surface area contributed by atoms with Crippen LogP contribution in [0.1, 0.15) is 25.3 Å². The van der Waals surface area contributed by atoms with Crippen LogP contribution in [-0.2, 0) is 7.05 Å². The van der Waals surface area contributed by atoms with Gasteiger partial charge in [0.05, 0.1) is 5.69 Å². The van der Waals surface area contributed by atoms with E-state index in [9.17, 15) is 4.39 Å². The summed E-state index contributed by atoms with van der Waals surface area (Å²) in [5, 5.41) is 4.40. The third-order valence-electron chi connectivity index (χ3n) is 2.89. The highest BCUT2D eigenvalue weighted by Crippen LogP contribution is 2.36. The Morgan fingerprint density at radius 2 is 2.06 bits per heavy atom. The number of nitrogens with zero attached hydrogens (tertiary/aromatic N) is 2. The maximum Gasteiger partial charge on any atom is 0.125 e. The minimum atomic E-state index is -0.285. The van der Waals surface area contributed by atoms with Gasteiger partial charge in [-0.3, -0.25) is 4.68 Å². The van der Waals surface area contributed by atoms with Crippen LogP contribution in [0.15, 0.2) is 22.7 Å². The predicted molar refractivity (Wildman–Crippen MR) is 74.8 cm³/mol. The van der Waals surface area contributed by atoms with Gasteiger partial charge in [-0.2, -0.15) is 5.10 Å². The molecule has 0 aliphatic heterocycles. The fourth-order valence-electron chi connectivity index (χ4n) is 2.00. The van der Waals surface area contributed by atoms with Crippen molar-refractivity contribution in [3.05, 3.63) is 34.1 Å². The number of nitrogens with two attached hydrogens (primary N) is 1. The van der Waals surface area contributed by atoms with E-state index in [0.717, 1.165) is 21.3 Å². The molecule has 5 heteroatoms. The number of benzene rings is 1. The average molecular weight is 312 g/mol. The molecule has 0 aliphatic rings. The zero-order valence-corrected chi connectivity index (χ0v) is 12.1. The van der Waals surface area contributed by atoms with Crippen LogP contribution in [0, 0.1) is 5.82 Å². The number of anilines is 1. The van der Waals surface area contributed by atoms with Crippen LogP contribution in [0.2, 0.25) is 0 Å². The molecule has 0 fully saturated rings. The molecular formula is C13H15BrFN3. The van der Waals surface area contributed by atoms with Crippen LogP contribution in [0.3, 0.4) is 0 Å². The van der Waals surface area contributed by atoms with Crippen molar-refractivity contribution in [3.63, 3.8) is 0 Å². The minimum absolute atomic E-state index is 0.226. The zero-order valence-electron chi connectivity index (χ0n) is 10.5. The third kappa shape index (κ3) is 2.14. The highest BCUT2D eigenvalue weighted by Gasteiger charge is 2.20. The van der Waals surface area contributed by atoms with E-state index in [2.05, 4.69) is 21.0 Å². The molecule has 0 atom stereocenters. The summed E-state index contributed by atoms with van der Waals surface area (Å²) in [6, 6.07) is 4.56. The molecule has 2 rings (SSSR count). The quantitative estimate of drug-likeness (QED) is 0.919. The molecule has 0 unspecified atom stereocenters. The lowest BCUT2D eigenvalue weighted by atomic mass is 9.98. The smallest absolute Gasteiger partial charge is 0.125 e. The van der Waals surface area contributed by atoms with Gasteiger partial charge >= 0.3 is 0 Å². The van der Waals surface area contributed by atoms with Gasteiger partial charge in [0.25, 0.3) is 0 Å². The van der Waals surface area contributed by atoms with Crippen molar-refractivity contribution in [2.75, 3.05) is 5.73 Å². The van der Waals surface area contributed by atoms with Crippen molar-refractivity contribution < 1.29 is 4.39 Å². The van der Waals surface area contributed by atoms with E-state index in [0.29, 0.717) is 5.82 Å². The molecule has 1 aromatic carbocycles. The Hall–Kier alpha value is -1.36. The lowest BCUT2D eigenvalue weighted by Crippen LogP contribution is -2.00. The summed E-state index contributed by atoms with van der Waals surface area (Å²) in [4.78, 5) is 0. The highest BCUT2D eigenvalue weighted by atomic mass is 79.9. The van der Waals surface area contributed by atoms with Gasteiger partial charge < -0.3 is 5.73 Å². The van der Waals surface area contributed by atoms with Crippen LogP contribution in [0.25, 0.3) is 11.3 Å². The molecule has 0 saturated heterocycles. The molecule has 0 amide bonds. The van der Waals surface area contributed by atoms with Gasteiger partial charge in [-0.15, -0.1) is 0 Å². The van der Waals surface area contributed by atoms with Crippen molar-refractivity contribution in [2.24, 2.45) is 7.05 Å². The van der Waals surface area contributed by atoms with Gasteiger partial charge in [-0.05, 0) is 24.1 Å². The first-order valence-electron chi connectivity index (χ1n) is 5.69. The second-order valence-electron chi connectivity index (χ2n) is 4.55. The highest BCUT2D eigenvalue weighted by molar-refractivity contribution is 9.10. The van der Waals surface area contributed by atoms with Crippen LogP contribution >= 0.6 is 15.9 Å². The number of hydrogen-bond acceptors (Lipinski definition) is 2. The molecule has 0 saturated carbocycles. The summed E-state index contributed by atoms with van der Waals surface area (Å²) in [5.41, 5.74) is 8.43. The number of hydrogen-bond donors (Lipinski definition) is 1. The standard InChI is InChI=1S/C13H15BrFN3/c1-7(2)11-12(17-18(3)13(11)16)9-6-8(15)4-5-10(9)14/h4-7H,16H2,1-3H3. The van der Waals surface area contributed by atoms with Gasteiger partial charge in [-0.1, -0.05) is 29.8 Å². The molecule has 96 valence electrons. The fourth-order valence-corrected chi connectivity index (χ4v) is 2.43. The Bertz CT molecular complexity index is 590. The Balaban J connectivity index is 2.71. The van der Waals surface area contributed by atoms with Gasteiger partial charge in [0.15, 0.2) is 0 Å². The van der Waals surface area contributed by atoms with Crippen LogP contribution in [-0.4, -0.2) is 9.78 Å². The Labute approximate surface area is 114 Å².